The van der Waals surface area contributed by atoms with Crippen molar-refractivity contribution in [3.8, 4) is 0 Å². The van der Waals surface area contributed by atoms with Gasteiger partial charge in [-0.3, -0.25) is 4.79 Å². The van der Waals surface area contributed by atoms with Crippen LogP contribution in [0.3, 0.4) is 0 Å². The van der Waals surface area contributed by atoms with Crippen molar-refractivity contribution in [1.82, 2.24) is 4.90 Å². The molecule has 1 amide bonds. The van der Waals surface area contributed by atoms with E-state index >= 15 is 0 Å². The van der Waals surface area contributed by atoms with E-state index in [9.17, 15) is 4.79 Å². The van der Waals surface area contributed by atoms with Crippen molar-refractivity contribution in [2.24, 2.45) is 0 Å². The largest absolute Gasteiger partial charge is 0.370 e. The van der Waals surface area contributed by atoms with Crippen LogP contribution in [0.4, 0.5) is 11.4 Å². The van der Waals surface area contributed by atoms with E-state index in [0.717, 1.165) is 48.8 Å². The molecule has 7 heteroatoms. The smallest absolute Gasteiger partial charge is 0.264 e. The first kappa shape index (κ1) is 21.6. The highest BCUT2D eigenvalue weighted by molar-refractivity contribution is 8.04. The number of hydrogen-bond acceptors (Lipinski definition) is 4. The van der Waals surface area contributed by atoms with Gasteiger partial charge in [-0.2, -0.15) is 0 Å². The van der Waals surface area contributed by atoms with Crippen LogP contribution in [0.15, 0.2) is 47.4 Å². The Labute approximate surface area is 192 Å². The molecule has 2 fully saturated rings. The first-order valence-corrected chi connectivity index (χ1v) is 11.9. The molecule has 0 aliphatic carbocycles. The maximum Gasteiger partial charge on any atom is 0.264 e. The third-order valence-electron chi connectivity index (χ3n) is 5.53. The van der Waals surface area contributed by atoms with E-state index in [4.69, 9.17) is 23.2 Å². The minimum atomic E-state index is -0.0270. The number of rotatable bonds is 3. The van der Waals surface area contributed by atoms with Crippen LogP contribution >= 0.6 is 35.0 Å². The van der Waals surface area contributed by atoms with Crippen molar-refractivity contribution in [2.45, 2.75) is 6.42 Å². The third kappa shape index (κ3) is 4.65. The van der Waals surface area contributed by atoms with Gasteiger partial charge < -0.3 is 14.7 Å². The van der Waals surface area contributed by atoms with Gasteiger partial charge in [-0.05, 0) is 49.9 Å². The number of carbonyl (C=O) groups is 1. The monoisotopic (exact) mass is 461 g/mol. The predicted octanol–water partition coefficient (Wildman–Crippen LogP) is 5.26. The predicted molar refractivity (Wildman–Crippen MR) is 130 cm³/mol. The highest BCUT2D eigenvalue weighted by Crippen LogP contribution is 2.37. The standard InChI is InChI=1S/C23H25Cl2N3OS/c1-26-10-5-11-27(13-12-26)19-8-3-2-6-17(19)16-21-23(29)28(14-15-30-21)20-9-4-7-18(24)22(20)25/h2-4,6-9,16H,5,10-15H2,1H3. The van der Waals surface area contributed by atoms with Gasteiger partial charge in [0.1, 0.15) is 0 Å². The molecule has 0 spiro atoms. The molecule has 0 N–H and O–H groups in total. The third-order valence-corrected chi connectivity index (χ3v) is 7.33. The second kappa shape index (κ2) is 9.65. The van der Waals surface area contributed by atoms with E-state index in [-0.39, 0.29) is 5.91 Å². The van der Waals surface area contributed by atoms with E-state index in [1.807, 2.05) is 24.3 Å². The van der Waals surface area contributed by atoms with Crippen LogP contribution in [0.1, 0.15) is 12.0 Å². The lowest BCUT2D eigenvalue weighted by atomic mass is 10.1. The first-order valence-electron chi connectivity index (χ1n) is 10.2. The van der Waals surface area contributed by atoms with Crippen LogP contribution < -0.4 is 9.80 Å². The summed E-state index contributed by atoms with van der Waals surface area (Å²) >= 11 is 14.2. The summed E-state index contributed by atoms with van der Waals surface area (Å²) in [5, 5.41) is 0.884. The maximum absolute atomic E-state index is 13.3. The minimum Gasteiger partial charge on any atom is -0.370 e. The van der Waals surface area contributed by atoms with Crippen molar-refractivity contribution in [3.05, 3.63) is 63.0 Å². The van der Waals surface area contributed by atoms with Gasteiger partial charge in [0.2, 0.25) is 0 Å². The Balaban J connectivity index is 1.63. The SMILES string of the molecule is CN1CCCN(c2ccccc2C=C2SCCN(c3cccc(Cl)c3Cl)C2=O)CC1. The number of thioether (sulfide) groups is 1. The number of halogens is 2. The normalized spacial score (nSPS) is 20.0. The molecule has 30 heavy (non-hydrogen) atoms. The lowest BCUT2D eigenvalue weighted by molar-refractivity contribution is -0.114. The second-order valence-corrected chi connectivity index (χ2v) is 9.51. The number of para-hydroxylation sites is 1. The van der Waals surface area contributed by atoms with Crippen LogP contribution in [-0.4, -0.2) is 56.3 Å². The van der Waals surface area contributed by atoms with E-state index < -0.39 is 0 Å². The Bertz CT molecular complexity index is 965. The van der Waals surface area contributed by atoms with Crippen molar-refractivity contribution in [1.29, 1.82) is 0 Å². The zero-order chi connectivity index (χ0) is 21.1. The van der Waals surface area contributed by atoms with Gasteiger partial charge in [0, 0.05) is 37.6 Å². The lowest BCUT2D eigenvalue weighted by Crippen LogP contribution is -2.37. The summed E-state index contributed by atoms with van der Waals surface area (Å²) in [6.07, 6.45) is 3.16. The van der Waals surface area contributed by atoms with E-state index in [2.05, 4.69) is 35.0 Å². The van der Waals surface area contributed by atoms with Gasteiger partial charge in [-0.1, -0.05) is 47.5 Å². The second-order valence-electron chi connectivity index (χ2n) is 7.59. The summed E-state index contributed by atoms with van der Waals surface area (Å²) in [6, 6.07) is 13.8. The average molecular weight is 462 g/mol. The number of nitrogens with zero attached hydrogens (tertiary/aromatic N) is 3. The summed E-state index contributed by atoms with van der Waals surface area (Å²) in [4.78, 5) is 20.6. The molecular formula is C23H25Cl2N3OS. The van der Waals surface area contributed by atoms with Crippen molar-refractivity contribution in [3.63, 3.8) is 0 Å². The summed E-state index contributed by atoms with van der Waals surface area (Å²) in [7, 11) is 2.17. The van der Waals surface area contributed by atoms with Crippen molar-refractivity contribution >= 4 is 58.3 Å². The van der Waals surface area contributed by atoms with E-state index in [1.54, 1.807) is 22.7 Å². The molecule has 158 valence electrons. The molecule has 2 heterocycles. The molecule has 2 aliphatic heterocycles. The van der Waals surface area contributed by atoms with Crippen LogP contribution in [-0.2, 0) is 4.79 Å². The number of carbonyl (C=O) groups excluding carboxylic acids is 1. The Morgan fingerprint density at radius 1 is 0.933 bits per heavy atom. The fourth-order valence-electron chi connectivity index (χ4n) is 3.90. The topological polar surface area (TPSA) is 26.8 Å². The van der Waals surface area contributed by atoms with Gasteiger partial charge >= 0.3 is 0 Å². The molecule has 0 unspecified atom stereocenters. The Morgan fingerprint density at radius 3 is 2.60 bits per heavy atom. The molecule has 0 aromatic heterocycles. The summed E-state index contributed by atoms with van der Waals surface area (Å²) in [5.74, 6) is 0.790. The van der Waals surface area contributed by atoms with Crippen LogP contribution in [0.2, 0.25) is 10.0 Å². The quantitative estimate of drug-likeness (QED) is 0.582. The Kier molecular flexibility index (Phi) is 6.94. The molecule has 2 saturated heterocycles. The Morgan fingerprint density at radius 2 is 1.73 bits per heavy atom. The lowest BCUT2D eigenvalue weighted by Gasteiger charge is -2.29. The number of likely N-dealkylation sites (N-methyl/N-ethyl adjacent to an activating group) is 1. The van der Waals surface area contributed by atoms with Gasteiger partial charge in [-0.25, -0.2) is 0 Å². The van der Waals surface area contributed by atoms with Crippen LogP contribution in [0.5, 0.6) is 0 Å². The maximum atomic E-state index is 13.3. The molecule has 0 bridgehead atoms. The van der Waals surface area contributed by atoms with Crippen LogP contribution in [0.25, 0.3) is 6.08 Å². The van der Waals surface area contributed by atoms with Gasteiger partial charge in [0.05, 0.1) is 20.6 Å². The zero-order valence-corrected chi connectivity index (χ0v) is 19.3. The molecule has 0 atom stereocenters. The molecular weight excluding hydrogens is 437 g/mol. The molecule has 0 saturated carbocycles. The molecule has 4 rings (SSSR count). The number of hydrogen-bond donors (Lipinski definition) is 0. The number of amides is 1. The first-order chi connectivity index (χ1) is 14.5. The summed E-state index contributed by atoms with van der Waals surface area (Å²) in [6.45, 7) is 4.78. The highest BCUT2D eigenvalue weighted by Gasteiger charge is 2.27. The highest BCUT2D eigenvalue weighted by atomic mass is 35.5. The molecule has 0 radical (unpaired) electrons. The minimum absolute atomic E-state index is 0.0270. The number of benzene rings is 2. The van der Waals surface area contributed by atoms with Gasteiger partial charge in [0.25, 0.3) is 5.91 Å². The molecule has 2 aromatic carbocycles. The summed E-state index contributed by atoms with van der Waals surface area (Å²) < 4.78 is 0. The van der Waals surface area contributed by atoms with Gasteiger partial charge in [-0.15, -0.1) is 11.8 Å². The Hall–Kier alpha value is -1.66. The number of anilines is 2. The average Bonchev–Trinajstić information content (AvgIpc) is 2.97. The fraction of sp³-hybridized carbons (Fsp3) is 0.348. The molecule has 2 aliphatic rings. The molecule has 4 nitrogen and oxygen atoms in total. The van der Waals surface area contributed by atoms with Crippen molar-refractivity contribution in [2.75, 3.05) is 55.3 Å². The van der Waals surface area contributed by atoms with Crippen molar-refractivity contribution < 1.29 is 4.79 Å². The zero-order valence-electron chi connectivity index (χ0n) is 17.0. The van der Waals surface area contributed by atoms with E-state index in [1.165, 1.54) is 5.69 Å². The van der Waals surface area contributed by atoms with Crippen LogP contribution in [0, 0.1) is 0 Å². The van der Waals surface area contributed by atoms with E-state index in [0.29, 0.717) is 22.3 Å². The molecule has 2 aromatic rings. The summed E-state index contributed by atoms with van der Waals surface area (Å²) in [5.41, 5.74) is 2.94. The van der Waals surface area contributed by atoms with Gasteiger partial charge in [0.15, 0.2) is 0 Å². The fourth-order valence-corrected chi connectivity index (χ4v) is 5.24.